The highest BCUT2D eigenvalue weighted by atomic mass is 35.5. The summed E-state index contributed by atoms with van der Waals surface area (Å²) in [4.78, 5) is 2.71. The second-order valence-electron chi connectivity index (χ2n) is 4.48. The van der Waals surface area contributed by atoms with Gasteiger partial charge in [-0.05, 0) is 30.5 Å². The van der Waals surface area contributed by atoms with Crippen LogP contribution in [0.2, 0.25) is 0 Å². The normalized spacial score (nSPS) is 14.4. The van der Waals surface area contributed by atoms with Crippen molar-refractivity contribution in [2.75, 3.05) is 0 Å². The molecule has 18 heavy (non-hydrogen) atoms. The van der Waals surface area contributed by atoms with Crippen molar-refractivity contribution < 1.29 is 0 Å². The molecule has 2 unspecified atom stereocenters. The second-order valence-corrected chi connectivity index (χ2v) is 6.15. The van der Waals surface area contributed by atoms with Crippen LogP contribution in [0, 0.1) is 0 Å². The van der Waals surface area contributed by atoms with Crippen LogP contribution in [-0.2, 0) is 6.42 Å². The molecule has 1 heterocycles. The average molecular weight is 279 g/mol. The fourth-order valence-corrected chi connectivity index (χ4v) is 3.77. The minimum atomic E-state index is 0.0858. The minimum Gasteiger partial charge on any atom is -0.144 e. The van der Waals surface area contributed by atoms with Gasteiger partial charge in [0.25, 0.3) is 0 Å². The van der Waals surface area contributed by atoms with Crippen LogP contribution in [-0.4, -0.2) is 0 Å². The first kappa shape index (κ1) is 13.6. The third-order valence-electron chi connectivity index (χ3n) is 3.32. The third-order valence-corrected chi connectivity index (χ3v) is 5.30. The highest BCUT2D eigenvalue weighted by molar-refractivity contribution is 7.12. The number of aryl methyl sites for hydroxylation is 1. The number of halogens is 1. The van der Waals surface area contributed by atoms with Crippen molar-refractivity contribution in [1.29, 1.82) is 0 Å². The van der Waals surface area contributed by atoms with Gasteiger partial charge in [0.05, 0.1) is 5.38 Å². The predicted octanol–water partition coefficient (Wildman–Crippen LogP) is 5.78. The Balaban J connectivity index is 2.22. The zero-order chi connectivity index (χ0) is 13.0. The lowest BCUT2D eigenvalue weighted by molar-refractivity contribution is 0.647. The molecule has 2 atom stereocenters. The first-order valence-electron chi connectivity index (χ1n) is 6.53. The Bertz CT molecular complexity index is 475. The molecule has 1 aromatic carbocycles. The van der Waals surface area contributed by atoms with E-state index < -0.39 is 0 Å². The van der Waals surface area contributed by atoms with Gasteiger partial charge < -0.3 is 0 Å². The molecular formula is C16H19ClS. The number of rotatable bonds is 5. The molecule has 0 nitrogen and oxygen atoms in total. The van der Waals surface area contributed by atoms with Gasteiger partial charge >= 0.3 is 0 Å². The summed E-state index contributed by atoms with van der Waals surface area (Å²) in [5, 5.41) is 0.0858. The molecule has 0 bridgehead atoms. The van der Waals surface area contributed by atoms with E-state index in [4.69, 9.17) is 11.6 Å². The molecule has 0 aliphatic rings. The van der Waals surface area contributed by atoms with Crippen LogP contribution >= 0.6 is 22.9 Å². The number of benzene rings is 1. The number of hydrogen-bond donors (Lipinski definition) is 0. The van der Waals surface area contributed by atoms with Crippen LogP contribution < -0.4 is 0 Å². The molecule has 0 N–H and O–H groups in total. The summed E-state index contributed by atoms with van der Waals surface area (Å²) >= 11 is 8.54. The summed E-state index contributed by atoms with van der Waals surface area (Å²) in [6.07, 6.45) is 2.16. The van der Waals surface area contributed by atoms with Crippen molar-refractivity contribution in [3.63, 3.8) is 0 Å². The lowest BCUT2D eigenvalue weighted by atomic mass is 9.92. The van der Waals surface area contributed by atoms with Crippen LogP contribution in [0.1, 0.15) is 46.9 Å². The SMILES string of the molecule is CCc1ccc(C(Cl)C(CC)c2ccccc2)s1. The van der Waals surface area contributed by atoms with Crippen molar-refractivity contribution in [2.45, 2.75) is 38.0 Å². The van der Waals surface area contributed by atoms with E-state index in [1.807, 2.05) is 11.3 Å². The Kier molecular flexibility index (Phi) is 4.85. The quantitative estimate of drug-likeness (QED) is 0.608. The molecule has 0 aliphatic carbocycles. The average Bonchev–Trinajstić information content (AvgIpc) is 2.89. The fourth-order valence-electron chi connectivity index (χ4n) is 2.24. The van der Waals surface area contributed by atoms with E-state index in [2.05, 4.69) is 56.3 Å². The molecule has 96 valence electrons. The zero-order valence-electron chi connectivity index (χ0n) is 10.9. The van der Waals surface area contributed by atoms with Crippen LogP contribution in [0.4, 0.5) is 0 Å². The van der Waals surface area contributed by atoms with E-state index in [0.717, 1.165) is 12.8 Å². The molecule has 0 spiro atoms. The van der Waals surface area contributed by atoms with Gasteiger partial charge in [-0.15, -0.1) is 22.9 Å². The van der Waals surface area contributed by atoms with Crippen molar-refractivity contribution in [1.82, 2.24) is 0 Å². The molecule has 0 amide bonds. The van der Waals surface area contributed by atoms with Gasteiger partial charge in [-0.2, -0.15) is 0 Å². The van der Waals surface area contributed by atoms with Gasteiger partial charge in [-0.1, -0.05) is 44.2 Å². The maximum Gasteiger partial charge on any atom is 0.0746 e. The van der Waals surface area contributed by atoms with E-state index in [0.29, 0.717) is 5.92 Å². The van der Waals surface area contributed by atoms with Gasteiger partial charge in [-0.25, -0.2) is 0 Å². The summed E-state index contributed by atoms with van der Waals surface area (Å²) in [5.41, 5.74) is 1.34. The monoisotopic (exact) mass is 278 g/mol. The molecule has 0 saturated carbocycles. The van der Waals surface area contributed by atoms with Gasteiger partial charge in [0.2, 0.25) is 0 Å². The van der Waals surface area contributed by atoms with Crippen molar-refractivity contribution in [3.8, 4) is 0 Å². The van der Waals surface area contributed by atoms with E-state index in [9.17, 15) is 0 Å². The summed E-state index contributed by atoms with van der Waals surface area (Å²) < 4.78 is 0. The topological polar surface area (TPSA) is 0 Å². The van der Waals surface area contributed by atoms with Crippen molar-refractivity contribution in [3.05, 3.63) is 57.8 Å². The molecule has 0 radical (unpaired) electrons. The molecule has 1 aromatic heterocycles. The lowest BCUT2D eigenvalue weighted by Gasteiger charge is -2.20. The summed E-state index contributed by atoms with van der Waals surface area (Å²) in [7, 11) is 0. The first-order valence-corrected chi connectivity index (χ1v) is 7.79. The molecule has 0 fully saturated rings. The van der Waals surface area contributed by atoms with E-state index in [1.165, 1.54) is 15.3 Å². The molecule has 2 aromatic rings. The Morgan fingerprint density at radius 2 is 1.78 bits per heavy atom. The Morgan fingerprint density at radius 3 is 2.33 bits per heavy atom. The first-order chi connectivity index (χ1) is 8.76. The zero-order valence-corrected chi connectivity index (χ0v) is 12.5. The van der Waals surface area contributed by atoms with E-state index in [1.54, 1.807) is 0 Å². The van der Waals surface area contributed by atoms with Crippen molar-refractivity contribution >= 4 is 22.9 Å². The predicted molar refractivity (Wildman–Crippen MR) is 81.8 cm³/mol. The highest BCUT2D eigenvalue weighted by Gasteiger charge is 2.22. The molecule has 2 heteroatoms. The highest BCUT2D eigenvalue weighted by Crippen LogP contribution is 2.41. The number of hydrogen-bond acceptors (Lipinski definition) is 1. The van der Waals surface area contributed by atoms with Gasteiger partial charge in [0.15, 0.2) is 0 Å². The van der Waals surface area contributed by atoms with E-state index in [-0.39, 0.29) is 5.38 Å². The largest absolute Gasteiger partial charge is 0.144 e. The molecule has 2 rings (SSSR count). The Morgan fingerprint density at radius 1 is 1.06 bits per heavy atom. The van der Waals surface area contributed by atoms with Gasteiger partial charge in [0, 0.05) is 15.7 Å². The standard InChI is InChI=1S/C16H19ClS/c1-3-13-10-11-15(18-13)16(17)14(4-2)12-8-6-5-7-9-12/h5-11,14,16H,3-4H2,1-2H3. The molecule has 0 saturated heterocycles. The van der Waals surface area contributed by atoms with Crippen LogP contribution in [0.5, 0.6) is 0 Å². The minimum absolute atomic E-state index is 0.0858. The number of alkyl halides is 1. The Labute approximate surface area is 119 Å². The maximum absolute atomic E-state index is 6.69. The fraction of sp³-hybridized carbons (Fsp3) is 0.375. The van der Waals surface area contributed by atoms with E-state index >= 15 is 0 Å². The molecular weight excluding hydrogens is 260 g/mol. The maximum atomic E-state index is 6.69. The summed E-state index contributed by atoms with van der Waals surface area (Å²) in [6.45, 7) is 4.40. The Hall–Kier alpha value is -0.790. The second kappa shape index (κ2) is 6.40. The summed E-state index contributed by atoms with van der Waals surface area (Å²) in [6, 6.07) is 15.0. The number of thiophene rings is 1. The lowest BCUT2D eigenvalue weighted by Crippen LogP contribution is -2.04. The van der Waals surface area contributed by atoms with Crippen LogP contribution in [0.25, 0.3) is 0 Å². The van der Waals surface area contributed by atoms with Crippen LogP contribution in [0.3, 0.4) is 0 Å². The molecule has 0 aliphatic heterocycles. The smallest absolute Gasteiger partial charge is 0.0746 e. The van der Waals surface area contributed by atoms with Gasteiger partial charge in [-0.3, -0.25) is 0 Å². The van der Waals surface area contributed by atoms with Crippen LogP contribution in [0.15, 0.2) is 42.5 Å². The summed E-state index contributed by atoms with van der Waals surface area (Å²) in [5.74, 6) is 0.399. The van der Waals surface area contributed by atoms with Gasteiger partial charge in [0.1, 0.15) is 0 Å². The third kappa shape index (κ3) is 2.96. The van der Waals surface area contributed by atoms with Crippen molar-refractivity contribution in [2.24, 2.45) is 0 Å².